The highest BCUT2D eigenvalue weighted by Gasteiger charge is 2.36. The number of para-hydroxylation sites is 1. The van der Waals surface area contributed by atoms with Crippen LogP contribution in [0.15, 0.2) is 49.0 Å². The average Bonchev–Trinajstić information content (AvgIpc) is 2.93. The zero-order valence-electron chi connectivity index (χ0n) is 26.2. The highest BCUT2D eigenvalue weighted by molar-refractivity contribution is 7.80. The predicted octanol–water partition coefficient (Wildman–Crippen LogP) is 7.64. The van der Waals surface area contributed by atoms with Gasteiger partial charge >= 0.3 is 6.09 Å². The molecule has 2 aromatic carbocycles. The Kier molecular flexibility index (Phi) is 14.1. The summed E-state index contributed by atoms with van der Waals surface area (Å²) in [5.41, 5.74) is 3.33. The van der Waals surface area contributed by atoms with Gasteiger partial charge in [-0.3, -0.25) is 9.59 Å². The average molecular weight is 596 g/mol. The van der Waals surface area contributed by atoms with Crippen molar-refractivity contribution < 1.29 is 19.1 Å². The van der Waals surface area contributed by atoms with Crippen LogP contribution >= 0.6 is 12.6 Å². The Balaban J connectivity index is 2.53. The third-order valence-corrected chi connectivity index (χ3v) is 7.32. The molecule has 0 fully saturated rings. The van der Waals surface area contributed by atoms with Crippen LogP contribution in [0.1, 0.15) is 94.5 Å². The van der Waals surface area contributed by atoms with E-state index in [-0.39, 0.29) is 11.7 Å². The maximum atomic E-state index is 14.2. The Morgan fingerprint density at radius 2 is 1.62 bits per heavy atom. The minimum Gasteiger partial charge on any atom is -0.444 e. The van der Waals surface area contributed by atoms with E-state index in [1.165, 1.54) is 6.42 Å². The third-order valence-electron chi connectivity index (χ3n) is 6.96. The fourth-order valence-corrected chi connectivity index (χ4v) is 5.04. The number of amides is 3. The fourth-order valence-electron chi connectivity index (χ4n) is 4.80. The van der Waals surface area contributed by atoms with Crippen LogP contribution < -0.4 is 10.6 Å². The van der Waals surface area contributed by atoms with Crippen LogP contribution in [0.2, 0.25) is 0 Å². The van der Waals surface area contributed by atoms with Gasteiger partial charge in [0, 0.05) is 18.0 Å². The van der Waals surface area contributed by atoms with E-state index < -0.39 is 29.7 Å². The number of nitrogens with one attached hydrogen (secondary N) is 2. The largest absolute Gasteiger partial charge is 0.444 e. The second-order valence-corrected chi connectivity index (χ2v) is 12.1. The first-order chi connectivity index (χ1) is 19.9. The van der Waals surface area contributed by atoms with Crippen LogP contribution in [0, 0.1) is 13.8 Å². The summed E-state index contributed by atoms with van der Waals surface area (Å²) in [6, 6.07) is 11.4. The molecule has 0 aliphatic rings. The predicted molar refractivity (Wildman–Crippen MR) is 176 cm³/mol. The standard InChI is InChI=1S/C34H49N3O4S/c1-8-10-11-12-13-14-21-37(32(39)28(23-42)35-33(40)41-34(5,6)7)30(27-20-16-19-26(9-2)22-27)31(38)36-29-24(3)17-15-18-25(29)4/h9,15-20,22,28,30,42H,2,8,10-14,21,23H2,1,3-7H3,(H,35,40)(H,36,38). The van der Waals surface area contributed by atoms with Crippen LogP contribution in [0.25, 0.3) is 6.08 Å². The molecule has 0 saturated heterocycles. The lowest BCUT2D eigenvalue weighted by Crippen LogP contribution is -2.53. The van der Waals surface area contributed by atoms with Crippen molar-refractivity contribution >= 4 is 42.3 Å². The van der Waals surface area contributed by atoms with Crippen LogP contribution in [0.5, 0.6) is 0 Å². The summed E-state index contributed by atoms with van der Waals surface area (Å²) in [5.74, 6) is -0.679. The Labute approximate surface area is 257 Å². The Bertz CT molecular complexity index is 1190. The number of carbonyl (C=O) groups excluding carboxylic acids is 3. The van der Waals surface area contributed by atoms with Gasteiger partial charge in [0.2, 0.25) is 5.91 Å². The molecular weight excluding hydrogens is 546 g/mol. The molecule has 0 saturated carbocycles. The quantitative estimate of drug-likeness (QED) is 0.146. The number of anilines is 1. The first-order valence-electron chi connectivity index (χ1n) is 14.9. The van der Waals surface area contributed by atoms with Crippen molar-refractivity contribution in [3.8, 4) is 0 Å². The maximum Gasteiger partial charge on any atom is 0.408 e. The lowest BCUT2D eigenvalue weighted by atomic mass is 9.99. The summed E-state index contributed by atoms with van der Waals surface area (Å²) < 4.78 is 5.42. The molecule has 230 valence electrons. The molecule has 2 atom stereocenters. The van der Waals surface area contributed by atoms with E-state index in [1.54, 1.807) is 31.7 Å². The van der Waals surface area contributed by atoms with E-state index in [0.717, 1.165) is 54.5 Å². The van der Waals surface area contributed by atoms with Crippen molar-refractivity contribution in [1.82, 2.24) is 10.2 Å². The molecule has 42 heavy (non-hydrogen) atoms. The number of alkyl carbamates (subject to hydrolysis) is 1. The van der Waals surface area contributed by atoms with Gasteiger partial charge in [-0.25, -0.2) is 4.79 Å². The van der Waals surface area contributed by atoms with E-state index in [0.29, 0.717) is 12.1 Å². The molecular formula is C34H49N3O4S. The topological polar surface area (TPSA) is 87.7 Å². The molecule has 2 aromatic rings. The second kappa shape index (κ2) is 17.0. The lowest BCUT2D eigenvalue weighted by Gasteiger charge is -2.34. The van der Waals surface area contributed by atoms with Crippen molar-refractivity contribution in [2.24, 2.45) is 0 Å². The van der Waals surface area contributed by atoms with Crippen LogP contribution in [0.3, 0.4) is 0 Å². The molecule has 0 aliphatic heterocycles. The number of nitrogens with zero attached hydrogens (tertiary/aromatic N) is 1. The van der Waals surface area contributed by atoms with Gasteiger partial charge in [0.25, 0.3) is 5.91 Å². The Morgan fingerprint density at radius 1 is 1.00 bits per heavy atom. The SMILES string of the molecule is C=Cc1cccc(C(C(=O)Nc2c(C)cccc2C)N(CCCCCCCC)C(=O)C(CS)NC(=O)OC(C)(C)C)c1. The van der Waals surface area contributed by atoms with Crippen molar-refractivity contribution in [3.05, 3.63) is 71.3 Å². The van der Waals surface area contributed by atoms with Crippen LogP contribution in [-0.2, 0) is 14.3 Å². The molecule has 0 aliphatic carbocycles. The van der Waals surface area contributed by atoms with E-state index in [4.69, 9.17) is 4.74 Å². The number of rotatable bonds is 15. The van der Waals surface area contributed by atoms with E-state index in [1.807, 2.05) is 56.3 Å². The fraction of sp³-hybridized carbons (Fsp3) is 0.500. The third kappa shape index (κ3) is 10.9. The second-order valence-electron chi connectivity index (χ2n) is 11.7. The summed E-state index contributed by atoms with van der Waals surface area (Å²) >= 11 is 4.40. The van der Waals surface area contributed by atoms with Crippen molar-refractivity contribution in [2.45, 2.75) is 97.8 Å². The number of thiol groups is 1. The van der Waals surface area contributed by atoms with Crippen LogP contribution in [0.4, 0.5) is 10.5 Å². The van der Waals surface area contributed by atoms with Gasteiger partial charge in [-0.2, -0.15) is 12.6 Å². The monoisotopic (exact) mass is 595 g/mol. The summed E-state index contributed by atoms with van der Waals surface area (Å²) in [6.45, 7) is 15.6. The molecule has 3 amide bonds. The maximum absolute atomic E-state index is 14.2. The molecule has 2 unspecified atom stereocenters. The van der Waals surface area contributed by atoms with Crippen molar-refractivity contribution in [2.75, 3.05) is 17.6 Å². The molecule has 0 aromatic heterocycles. The number of benzene rings is 2. The first kappa shape index (κ1) is 34.9. The number of unbranched alkanes of at least 4 members (excludes halogenated alkanes) is 5. The smallest absolute Gasteiger partial charge is 0.408 e. The van der Waals surface area contributed by atoms with E-state index in [2.05, 4.69) is 36.8 Å². The van der Waals surface area contributed by atoms with Gasteiger partial charge in [-0.05, 0) is 69.4 Å². The summed E-state index contributed by atoms with van der Waals surface area (Å²) in [7, 11) is 0. The van der Waals surface area contributed by atoms with Crippen molar-refractivity contribution in [1.29, 1.82) is 0 Å². The molecule has 0 bridgehead atoms. The summed E-state index contributed by atoms with van der Waals surface area (Å²) in [5, 5.41) is 5.79. The molecule has 8 heteroatoms. The minimum absolute atomic E-state index is 0.0447. The normalized spacial score (nSPS) is 12.6. The van der Waals surface area contributed by atoms with E-state index in [9.17, 15) is 14.4 Å². The molecule has 0 radical (unpaired) electrons. The lowest BCUT2D eigenvalue weighted by molar-refractivity contribution is -0.140. The highest BCUT2D eigenvalue weighted by atomic mass is 32.1. The first-order valence-corrected chi connectivity index (χ1v) is 15.5. The van der Waals surface area contributed by atoms with Gasteiger partial charge in [-0.15, -0.1) is 0 Å². The molecule has 2 rings (SSSR count). The number of hydrogen-bond donors (Lipinski definition) is 3. The number of hydrogen-bond acceptors (Lipinski definition) is 5. The van der Waals surface area contributed by atoms with Gasteiger partial charge in [0.1, 0.15) is 17.7 Å². The summed E-state index contributed by atoms with van der Waals surface area (Å²) in [4.78, 5) is 42.7. The zero-order valence-corrected chi connectivity index (χ0v) is 27.1. The molecule has 7 nitrogen and oxygen atoms in total. The van der Waals surface area contributed by atoms with Crippen molar-refractivity contribution in [3.63, 3.8) is 0 Å². The van der Waals surface area contributed by atoms with E-state index >= 15 is 0 Å². The highest BCUT2D eigenvalue weighted by Crippen LogP contribution is 2.28. The molecule has 0 heterocycles. The Hall–Kier alpha value is -3.26. The number of carbonyl (C=O) groups is 3. The number of aryl methyl sites for hydroxylation is 2. The number of ether oxygens (including phenoxy) is 1. The zero-order chi connectivity index (χ0) is 31.3. The molecule has 2 N–H and O–H groups in total. The Morgan fingerprint density at radius 3 is 2.21 bits per heavy atom. The van der Waals surface area contributed by atoms with Crippen LogP contribution in [-0.4, -0.2) is 46.7 Å². The van der Waals surface area contributed by atoms with Gasteiger partial charge in [0.05, 0.1) is 0 Å². The summed E-state index contributed by atoms with van der Waals surface area (Å²) in [6.07, 6.45) is 7.13. The van der Waals surface area contributed by atoms with Gasteiger partial charge < -0.3 is 20.3 Å². The minimum atomic E-state index is -0.985. The molecule has 0 spiro atoms. The van der Waals surface area contributed by atoms with Gasteiger partial charge in [-0.1, -0.05) is 88.1 Å². The van der Waals surface area contributed by atoms with Gasteiger partial charge in [0.15, 0.2) is 0 Å².